The molecule has 2 heteroatoms. The number of fused-ring (bicyclic) bond motifs is 8. The van der Waals surface area contributed by atoms with Crippen LogP contribution in [0.15, 0.2) is 255 Å². The summed E-state index contributed by atoms with van der Waals surface area (Å²) in [6.07, 6.45) is 0. The maximum absolute atomic E-state index is 2.49. The van der Waals surface area contributed by atoms with Crippen molar-refractivity contribution in [1.29, 1.82) is 0 Å². The lowest BCUT2D eigenvalue weighted by atomic mass is 9.81. The molecule has 0 saturated heterocycles. The van der Waals surface area contributed by atoms with Crippen molar-refractivity contribution in [2.45, 2.75) is 19.3 Å². The Balaban J connectivity index is 0.857. The third-order valence-electron chi connectivity index (χ3n) is 16.1. The molecule has 14 aromatic rings. The Labute approximate surface area is 424 Å². The van der Waals surface area contributed by atoms with Crippen molar-refractivity contribution >= 4 is 82.0 Å². The van der Waals surface area contributed by atoms with Gasteiger partial charge in [-0.05, 0) is 172 Å². The van der Waals surface area contributed by atoms with Gasteiger partial charge < -0.3 is 9.47 Å². The first kappa shape index (κ1) is 41.5. The van der Waals surface area contributed by atoms with E-state index in [0.29, 0.717) is 0 Å². The van der Waals surface area contributed by atoms with E-state index in [-0.39, 0.29) is 5.41 Å². The van der Waals surface area contributed by atoms with E-state index in [1.165, 1.54) is 126 Å². The molecule has 0 spiro atoms. The van der Waals surface area contributed by atoms with Crippen LogP contribution >= 0.6 is 0 Å². The summed E-state index contributed by atoms with van der Waals surface area (Å²) in [6, 6.07) is 94.7. The van der Waals surface area contributed by atoms with E-state index >= 15 is 0 Å². The van der Waals surface area contributed by atoms with Gasteiger partial charge in [0.05, 0.1) is 11.0 Å². The molecular weight excluding hydrogens is 881 g/mol. The second-order valence-corrected chi connectivity index (χ2v) is 20.5. The number of rotatable bonds is 7. The first-order chi connectivity index (χ1) is 35.9. The van der Waals surface area contributed by atoms with E-state index < -0.39 is 0 Å². The van der Waals surface area contributed by atoms with E-state index in [9.17, 15) is 0 Å². The molecule has 15 rings (SSSR count). The van der Waals surface area contributed by atoms with Crippen molar-refractivity contribution in [3.8, 4) is 50.2 Å². The fourth-order valence-corrected chi connectivity index (χ4v) is 12.4. The van der Waals surface area contributed by atoms with Crippen LogP contribution in [0, 0.1) is 0 Å². The fourth-order valence-electron chi connectivity index (χ4n) is 12.4. The number of nitrogens with zero attached hydrogens (tertiary/aromatic N) is 2. The summed E-state index contributed by atoms with van der Waals surface area (Å²) in [4.78, 5) is 2.41. The Morgan fingerprint density at radius 2 is 0.822 bits per heavy atom. The predicted molar refractivity (Wildman–Crippen MR) is 311 cm³/mol. The minimum Gasteiger partial charge on any atom is -0.310 e. The van der Waals surface area contributed by atoms with Gasteiger partial charge in [0.15, 0.2) is 0 Å². The normalized spacial score (nSPS) is 12.9. The second-order valence-electron chi connectivity index (χ2n) is 20.5. The minimum atomic E-state index is -0.250. The fraction of sp³-hybridized carbons (Fsp3) is 0.0423. The van der Waals surface area contributed by atoms with Crippen LogP contribution in [-0.2, 0) is 5.41 Å². The Hall–Kier alpha value is -9.24. The molecule has 0 fully saturated rings. The van der Waals surface area contributed by atoms with Crippen LogP contribution < -0.4 is 4.90 Å². The lowest BCUT2D eigenvalue weighted by Crippen LogP contribution is -2.16. The van der Waals surface area contributed by atoms with E-state index in [4.69, 9.17) is 0 Å². The van der Waals surface area contributed by atoms with Crippen molar-refractivity contribution in [2.75, 3.05) is 4.90 Å². The van der Waals surface area contributed by atoms with Gasteiger partial charge in [-0.15, -0.1) is 0 Å². The molecule has 1 heterocycles. The van der Waals surface area contributed by atoms with Crippen LogP contribution in [0.25, 0.3) is 115 Å². The van der Waals surface area contributed by atoms with Gasteiger partial charge >= 0.3 is 0 Å². The molecule has 1 aliphatic rings. The molecule has 342 valence electrons. The van der Waals surface area contributed by atoms with Gasteiger partial charge in [-0.3, -0.25) is 0 Å². The van der Waals surface area contributed by atoms with E-state index in [1.807, 2.05) is 0 Å². The molecule has 0 saturated carbocycles. The predicted octanol–water partition coefficient (Wildman–Crippen LogP) is 19.6. The summed E-state index contributed by atoms with van der Waals surface area (Å²) >= 11 is 0. The van der Waals surface area contributed by atoms with Crippen LogP contribution in [0.5, 0.6) is 0 Å². The summed E-state index contributed by atoms with van der Waals surface area (Å²) in [5.74, 6) is 0. The van der Waals surface area contributed by atoms with Gasteiger partial charge in [-0.25, -0.2) is 0 Å². The Kier molecular flexibility index (Phi) is 9.04. The van der Waals surface area contributed by atoms with Crippen molar-refractivity contribution in [3.05, 3.63) is 266 Å². The van der Waals surface area contributed by atoms with Crippen LogP contribution in [0.3, 0.4) is 0 Å². The standard InChI is InChI=1S/C71H48N2/c1-71(2)64-42-54(28-36-60(64)61-38-35-59(44-65(61)71)72(56-30-22-48(23-31-56)45-12-5-3-6-13-45)57-32-24-49(25-33-57)46-14-7-4-8-15-46)53-29-39-66-63(41-53)70-62-37-27-51-19-11-18-50-20-21-55(69(62)68(50)51)43-67(70)73(66)58-34-26-47-16-9-10-17-52(47)40-58/h3-44H,1-2H3. The third-order valence-corrected chi connectivity index (χ3v) is 16.1. The van der Waals surface area contributed by atoms with Crippen LogP contribution in [-0.4, -0.2) is 4.57 Å². The Morgan fingerprint density at radius 3 is 1.52 bits per heavy atom. The zero-order valence-electron chi connectivity index (χ0n) is 40.6. The van der Waals surface area contributed by atoms with Gasteiger partial charge in [-0.1, -0.05) is 196 Å². The second kappa shape index (κ2) is 15.9. The smallest absolute Gasteiger partial charge is 0.0553 e. The highest BCUT2D eigenvalue weighted by Gasteiger charge is 2.36. The maximum Gasteiger partial charge on any atom is 0.0553 e. The number of hydrogen-bond donors (Lipinski definition) is 0. The summed E-state index contributed by atoms with van der Waals surface area (Å²) in [5.41, 5.74) is 19.3. The average molecular weight is 929 g/mol. The Bertz CT molecular complexity index is 4390. The van der Waals surface area contributed by atoms with E-state index in [2.05, 4.69) is 278 Å². The molecular formula is C71H48N2. The molecule has 1 aliphatic carbocycles. The van der Waals surface area contributed by atoms with Crippen LogP contribution in [0.4, 0.5) is 17.1 Å². The van der Waals surface area contributed by atoms with Crippen molar-refractivity contribution < 1.29 is 0 Å². The van der Waals surface area contributed by atoms with E-state index in [1.54, 1.807) is 0 Å². The Morgan fingerprint density at radius 1 is 0.301 bits per heavy atom. The van der Waals surface area contributed by atoms with Crippen molar-refractivity contribution in [2.24, 2.45) is 0 Å². The van der Waals surface area contributed by atoms with Crippen LogP contribution in [0.1, 0.15) is 25.0 Å². The first-order valence-corrected chi connectivity index (χ1v) is 25.5. The van der Waals surface area contributed by atoms with Gasteiger partial charge in [0.1, 0.15) is 0 Å². The molecule has 0 radical (unpaired) electrons. The van der Waals surface area contributed by atoms with Crippen molar-refractivity contribution in [3.63, 3.8) is 0 Å². The molecule has 0 bridgehead atoms. The zero-order chi connectivity index (χ0) is 48.4. The zero-order valence-corrected chi connectivity index (χ0v) is 40.6. The van der Waals surface area contributed by atoms with Gasteiger partial charge in [0, 0.05) is 38.9 Å². The SMILES string of the molecule is CC1(C)c2cc(-c3ccc4c(c3)c3c5ccc6cccc7ccc(cc3n4-c3ccc4ccccc4c3)c5c76)ccc2-c2ccc(N(c3ccc(-c4ccccc4)cc3)c3ccc(-c4ccccc4)cc3)cc21. The van der Waals surface area contributed by atoms with Gasteiger partial charge in [0.25, 0.3) is 0 Å². The number of benzene rings is 13. The highest BCUT2D eigenvalue weighted by molar-refractivity contribution is 6.33. The highest BCUT2D eigenvalue weighted by Crippen LogP contribution is 2.52. The summed E-state index contributed by atoms with van der Waals surface area (Å²) in [5, 5.41) is 12.9. The first-order valence-electron chi connectivity index (χ1n) is 25.5. The molecule has 0 aliphatic heterocycles. The third kappa shape index (κ3) is 6.43. The van der Waals surface area contributed by atoms with Gasteiger partial charge in [-0.2, -0.15) is 0 Å². The molecule has 13 aromatic carbocycles. The molecule has 1 aromatic heterocycles. The maximum atomic E-state index is 2.49. The lowest BCUT2D eigenvalue weighted by molar-refractivity contribution is 0.660. The minimum absolute atomic E-state index is 0.250. The van der Waals surface area contributed by atoms with Crippen LogP contribution in [0.2, 0.25) is 0 Å². The molecule has 0 amide bonds. The van der Waals surface area contributed by atoms with E-state index in [0.717, 1.165) is 17.1 Å². The topological polar surface area (TPSA) is 8.17 Å². The monoisotopic (exact) mass is 928 g/mol. The molecule has 2 nitrogen and oxygen atoms in total. The summed E-state index contributed by atoms with van der Waals surface area (Å²) < 4.78 is 2.49. The van der Waals surface area contributed by atoms with Crippen molar-refractivity contribution in [1.82, 2.24) is 4.57 Å². The number of anilines is 3. The molecule has 73 heavy (non-hydrogen) atoms. The quantitative estimate of drug-likeness (QED) is 0.145. The largest absolute Gasteiger partial charge is 0.310 e. The summed E-state index contributed by atoms with van der Waals surface area (Å²) in [6.45, 7) is 4.81. The molecule has 0 atom stereocenters. The highest BCUT2D eigenvalue weighted by atomic mass is 15.1. The average Bonchev–Trinajstić information content (AvgIpc) is 3.90. The molecule has 0 N–H and O–H groups in total. The number of aromatic nitrogens is 1. The summed E-state index contributed by atoms with van der Waals surface area (Å²) in [7, 11) is 0. The number of hydrogen-bond acceptors (Lipinski definition) is 1. The van der Waals surface area contributed by atoms with Gasteiger partial charge in [0.2, 0.25) is 0 Å². The lowest BCUT2D eigenvalue weighted by Gasteiger charge is -2.28. The molecule has 0 unspecified atom stereocenters.